The Labute approximate surface area is 142 Å². The van der Waals surface area contributed by atoms with Crippen molar-refractivity contribution in [2.45, 2.75) is 51.3 Å². The van der Waals surface area contributed by atoms with Crippen LogP contribution in [0.2, 0.25) is 0 Å². The first-order chi connectivity index (χ1) is 10.1. The second-order valence-electron chi connectivity index (χ2n) is 5.36. The summed E-state index contributed by atoms with van der Waals surface area (Å²) in [6.45, 7) is 7.85. The summed E-state index contributed by atoms with van der Waals surface area (Å²) >= 11 is 5.62. The first-order valence-corrected chi connectivity index (χ1v) is 9.62. The van der Waals surface area contributed by atoms with Gasteiger partial charge in [0, 0.05) is 21.5 Å². The summed E-state index contributed by atoms with van der Waals surface area (Å²) < 4.78 is 6.61. The zero-order valence-electron chi connectivity index (χ0n) is 13.6. The summed E-state index contributed by atoms with van der Waals surface area (Å²) in [5.41, 5.74) is 1.27. The van der Waals surface area contributed by atoms with E-state index in [-0.39, 0.29) is 0 Å². The van der Waals surface area contributed by atoms with Gasteiger partial charge in [-0.2, -0.15) is 11.8 Å². The smallest absolute Gasteiger partial charge is 0.122 e. The first kappa shape index (κ1) is 18.9. The number of hydrogen-bond donors (Lipinski definition) is 1. The maximum atomic E-state index is 5.50. The van der Waals surface area contributed by atoms with Crippen molar-refractivity contribution in [1.82, 2.24) is 5.32 Å². The van der Waals surface area contributed by atoms with E-state index in [9.17, 15) is 0 Å². The number of methoxy groups -OCH3 is 1. The van der Waals surface area contributed by atoms with Crippen LogP contribution in [-0.2, 0) is 6.42 Å². The highest BCUT2D eigenvalue weighted by atomic mass is 79.9. The van der Waals surface area contributed by atoms with Gasteiger partial charge in [-0.1, -0.05) is 36.7 Å². The lowest BCUT2D eigenvalue weighted by Gasteiger charge is -2.21. The molecule has 0 amide bonds. The van der Waals surface area contributed by atoms with Crippen LogP contribution in [0.25, 0.3) is 0 Å². The average molecular weight is 374 g/mol. The SMILES string of the molecule is CCCNC(CSC(C)CC)Cc1cc(Br)ccc1OC. The summed E-state index contributed by atoms with van der Waals surface area (Å²) in [5, 5.41) is 4.40. The third-order valence-corrected chi connectivity index (χ3v) is 5.54. The van der Waals surface area contributed by atoms with Gasteiger partial charge in [0.2, 0.25) is 0 Å². The van der Waals surface area contributed by atoms with Gasteiger partial charge in [-0.05, 0) is 49.6 Å². The lowest BCUT2D eigenvalue weighted by molar-refractivity contribution is 0.406. The molecule has 2 unspecified atom stereocenters. The van der Waals surface area contributed by atoms with Crippen LogP contribution in [0.15, 0.2) is 22.7 Å². The Kier molecular flexibility index (Phi) is 9.45. The van der Waals surface area contributed by atoms with E-state index in [1.54, 1.807) is 7.11 Å². The highest BCUT2D eigenvalue weighted by molar-refractivity contribution is 9.10. The van der Waals surface area contributed by atoms with Crippen molar-refractivity contribution in [2.24, 2.45) is 0 Å². The normalized spacial score (nSPS) is 14.0. The monoisotopic (exact) mass is 373 g/mol. The van der Waals surface area contributed by atoms with Gasteiger partial charge < -0.3 is 10.1 Å². The number of ether oxygens (including phenoxy) is 1. The van der Waals surface area contributed by atoms with Crippen molar-refractivity contribution in [3.8, 4) is 5.75 Å². The van der Waals surface area contributed by atoms with Gasteiger partial charge in [0.25, 0.3) is 0 Å². The van der Waals surface area contributed by atoms with E-state index in [1.807, 2.05) is 12.1 Å². The fourth-order valence-electron chi connectivity index (χ4n) is 2.11. The van der Waals surface area contributed by atoms with E-state index in [0.29, 0.717) is 6.04 Å². The summed E-state index contributed by atoms with van der Waals surface area (Å²) in [4.78, 5) is 0. The highest BCUT2D eigenvalue weighted by Crippen LogP contribution is 2.25. The molecule has 1 aromatic carbocycles. The second kappa shape index (κ2) is 10.5. The molecule has 0 saturated heterocycles. The van der Waals surface area contributed by atoms with E-state index in [0.717, 1.165) is 34.2 Å². The third-order valence-electron chi connectivity index (χ3n) is 3.55. The highest BCUT2D eigenvalue weighted by Gasteiger charge is 2.14. The minimum Gasteiger partial charge on any atom is -0.496 e. The second-order valence-corrected chi connectivity index (χ2v) is 7.75. The number of nitrogens with one attached hydrogen (secondary N) is 1. The molecule has 2 nitrogen and oxygen atoms in total. The molecule has 0 spiro atoms. The van der Waals surface area contributed by atoms with Gasteiger partial charge in [-0.3, -0.25) is 0 Å². The van der Waals surface area contributed by atoms with Gasteiger partial charge in [0.1, 0.15) is 5.75 Å². The molecule has 0 aromatic heterocycles. The summed E-state index contributed by atoms with van der Waals surface area (Å²) in [5.74, 6) is 2.13. The van der Waals surface area contributed by atoms with Crippen molar-refractivity contribution >= 4 is 27.7 Å². The zero-order valence-corrected chi connectivity index (χ0v) is 16.0. The van der Waals surface area contributed by atoms with Crippen molar-refractivity contribution in [3.63, 3.8) is 0 Å². The molecule has 1 N–H and O–H groups in total. The number of hydrogen-bond acceptors (Lipinski definition) is 3. The standard InChI is InChI=1S/C17H28BrNOS/c1-5-9-19-16(12-21-13(3)6-2)11-14-10-15(18)7-8-17(14)20-4/h7-8,10,13,16,19H,5-6,9,11-12H2,1-4H3. The summed E-state index contributed by atoms with van der Waals surface area (Å²) in [6.07, 6.45) is 3.40. The van der Waals surface area contributed by atoms with Crippen LogP contribution in [0.3, 0.4) is 0 Å². The summed E-state index contributed by atoms with van der Waals surface area (Å²) in [6, 6.07) is 6.74. The average Bonchev–Trinajstić information content (AvgIpc) is 2.49. The fourth-order valence-corrected chi connectivity index (χ4v) is 3.55. The quantitative estimate of drug-likeness (QED) is 0.629. The molecular weight excluding hydrogens is 346 g/mol. The van der Waals surface area contributed by atoms with Crippen LogP contribution in [0.4, 0.5) is 0 Å². The fraction of sp³-hybridized carbons (Fsp3) is 0.647. The maximum Gasteiger partial charge on any atom is 0.122 e. The largest absolute Gasteiger partial charge is 0.496 e. The van der Waals surface area contributed by atoms with E-state index in [4.69, 9.17) is 4.74 Å². The molecule has 4 heteroatoms. The predicted molar refractivity (Wildman–Crippen MR) is 98.7 cm³/mol. The van der Waals surface area contributed by atoms with E-state index in [1.165, 1.54) is 18.4 Å². The zero-order chi connectivity index (χ0) is 15.7. The van der Waals surface area contributed by atoms with Gasteiger partial charge in [0.15, 0.2) is 0 Å². The molecule has 0 aliphatic rings. The Morgan fingerprint density at radius 2 is 2.10 bits per heavy atom. The Morgan fingerprint density at radius 1 is 1.33 bits per heavy atom. The van der Waals surface area contributed by atoms with Crippen molar-refractivity contribution < 1.29 is 4.74 Å². The molecule has 21 heavy (non-hydrogen) atoms. The lowest BCUT2D eigenvalue weighted by Crippen LogP contribution is -2.34. The number of rotatable bonds is 10. The predicted octanol–water partition coefficient (Wildman–Crippen LogP) is 4.90. The van der Waals surface area contributed by atoms with Crippen LogP contribution in [0, 0.1) is 0 Å². The molecule has 1 rings (SSSR count). The Balaban J connectivity index is 2.72. The molecule has 0 bridgehead atoms. The first-order valence-electron chi connectivity index (χ1n) is 7.78. The lowest BCUT2D eigenvalue weighted by atomic mass is 10.1. The molecule has 0 aliphatic carbocycles. The van der Waals surface area contributed by atoms with Crippen molar-refractivity contribution in [1.29, 1.82) is 0 Å². The van der Waals surface area contributed by atoms with E-state index >= 15 is 0 Å². The molecular formula is C17H28BrNOS. The topological polar surface area (TPSA) is 21.3 Å². The molecule has 120 valence electrons. The molecule has 2 atom stereocenters. The molecule has 0 fully saturated rings. The Hall–Kier alpha value is -0.190. The van der Waals surface area contributed by atoms with Gasteiger partial charge in [-0.25, -0.2) is 0 Å². The van der Waals surface area contributed by atoms with Crippen LogP contribution in [0.5, 0.6) is 5.75 Å². The van der Waals surface area contributed by atoms with Crippen LogP contribution < -0.4 is 10.1 Å². The molecule has 0 saturated carbocycles. The minimum absolute atomic E-state index is 0.493. The number of benzene rings is 1. The third kappa shape index (κ3) is 7.07. The van der Waals surface area contributed by atoms with Gasteiger partial charge >= 0.3 is 0 Å². The Bertz CT molecular complexity index is 414. The number of halogens is 1. The van der Waals surface area contributed by atoms with Crippen molar-refractivity contribution in [2.75, 3.05) is 19.4 Å². The van der Waals surface area contributed by atoms with Crippen LogP contribution >= 0.6 is 27.7 Å². The minimum atomic E-state index is 0.493. The van der Waals surface area contributed by atoms with Gasteiger partial charge in [0.05, 0.1) is 7.11 Å². The maximum absolute atomic E-state index is 5.50. The van der Waals surface area contributed by atoms with E-state index in [2.05, 4.69) is 59.8 Å². The van der Waals surface area contributed by atoms with Crippen molar-refractivity contribution in [3.05, 3.63) is 28.2 Å². The number of thioether (sulfide) groups is 1. The molecule has 0 radical (unpaired) electrons. The van der Waals surface area contributed by atoms with Crippen LogP contribution in [-0.4, -0.2) is 30.7 Å². The van der Waals surface area contributed by atoms with Crippen LogP contribution in [0.1, 0.15) is 39.2 Å². The molecule has 0 heterocycles. The Morgan fingerprint density at radius 3 is 2.71 bits per heavy atom. The van der Waals surface area contributed by atoms with Gasteiger partial charge in [-0.15, -0.1) is 0 Å². The molecule has 1 aromatic rings. The molecule has 0 aliphatic heterocycles. The van der Waals surface area contributed by atoms with E-state index < -0.39 is 0 Å². The summed E-state index contributed by atoms with van der Waals surface area (Å²) in [7, 11) is 1.75.